The van der Waals surface area contributed by atoms with Gasteiger partial charge in [-0.1, -0.05) is 23.7 Å². The number of halogens is 1. The van der Waals surface area contributed by atoms with Gasteiger partial charge in [0.2, 0.25) is 5.62 Å². The predicted octanol–water partition coefficient (Wildman–Crippen LogP) is 3.19. The molecule has 0 radical (unpaired) electrons. The third-order valence-corrected chi connectivity index (χ3v) is 5.56. The van der Waals surface area contributed by atoms with E-state index in [4.69, 9.17) is 26.2 Å². The predicted molar refractivity (Wildman–Crippen MR) is 135 cm³/mol. The van der Waals surface area contributed by atoms with Crippen LogP contribution >= 0.6 is 11.6 Å². The van der Waals surface area contributed by atoms with Gasteiger partial charge in [0.15, 0.2) is 17.2 Å². The molecular formula is C25H22ClN5O6. The highest BCUT2D eigenvalue weighted by molar-refractivity contribution is 6.30. The number of carboxylic acid groups (broad SMARTS) is 1. The summed E-state index contributed by atoms with van der Waals surface area (Å²) in [6, 6.07) is 14.5. The van der Waals surface area contributed by atoms with Crippen molar-refractivity contribution in [1.29, 1.82) is 0 Å². The number of hydrogen-bond acceptors (Lipinski definition) is 7. The van der Waals surface area contributed by atoms with E-state index in [2.05, 4.69) is 15.0 Å². The van der Waals surface area contributed by atoms with Crippen LogP contribution in [0.4, 0.5) is 5.69 Å². The zero-order valence-electron chi connectivity index (χ0n) is 19.8. The van der Waals surface area contributed by atoms with Crippen LogP contribution in [0.25, 0.3) is 0 Å². The molecule has 2 aromatic carbocycles. The average molecular weight is 524 g/mol. The molecule has 0 aliphatic carbocycles. The van der Waals surface area contributed by atoms with Crippen molar-refractivity contribution in [2.75, 3.05) is 7.11 Å². The summed E-state index contributed by atoms with van der Waals surface area (Å²) >= 11 is 5.98. The lowest BCUT2D eigenvalue weighted by atomic mass is 10.2. The number of nitrogens with zero attached hydrogens (tertiary/aromatic N) is 4. The normalized spacial score (nSPS) is 11.4. The van der Waals surface area contributed by atoms with Gasteiger partial charge in [0.05, 0.1) is 19.3 Å². The van der Waals surface area contributed by atoms with Gasteiger partial charge >= 0.3 is 17.3 Å². The number of nitrogens with one attached hydrogen (secondary N) is 1. The average Bonchev–Trinajstić information content (AvgIpc) is 2.88. The number of aromatic amines is 1. The molecule has 12 heteroatoms. The smallest absolute Gasteiger partial charge is 0.354 e. The number of pyridine rings is 1. The van der Waals surface area contributed by atoms with Crippen molar-refractivity contribution in [1.82, 2.24) is 19.1 Å². The number of aromatic nitrogens is 4. The SMILES string of the molecule is CCn1c(=O)[nH]/c(=N\c2ccc(Oc3ccnc(C(=O)O)c3)c(OC)c2)n(Cc2ccc(Cl)cc2)c1=O. The molecule has 190 valence electrons. The van der Waals surface area contributed by atoms with Crippen molar-refractivity contribution < 1.29 is 19.4 Å². The third kappa shape index (κ3) is 5.78. The van der Waals surface area contributed by atoms with Gasteiger partial charge in [-0.05, 0) is 42.8 Å². The topological polar surface area (TPSA) is 141 Å². The molecule has 11 nitrogen and oxygen atoms in total. The lowest BCUT2D eigenvalue weighted by molar-refractivity contribution is 0.0690. The first-order valence-corrected chi connectivity index (χ1v) is 11.4. The van der Waals surface area contributed by atoms with Crippen LogP contribution in [-0.2, 0) is 13.1 Å². The van der Waals surface area contributed by atoms with Gasteiger partial charge in [0.25, 0.3) is 0 Å². The number of methoxy groups -OCH3 is 1. The Morgan fingerprint density at radius 2 is 1.84 bits per heavy atom. The quantitative estimate of drug-likeness (QED) is 0.361. The van der Waals surface area contributed by atoms with E-state index in [1.807, 2.05) is 0 Å². The van der Waals surface area contributed by atoms with Gasteiger partial charge < -0.3 is 14.6 Å². The molecule has 0 spiro atoms. The number of ether oxygens (including phenoxy) is 2. The zero-order chi connectivity index (χ0) is 26.5. The fourth-order valence-electron chi connectivity index (χ4n) is 3.49. The van der Waals surface area contributed by atoms with Crippen LogP contribution in [0.2, 0.25) is 5.02 Å². The summed E-state index contributed by atoms with van der Waals surface area (Å²) in [5.74, 6) is -0.336. The van der Waals surface area contributed by atoms with E-state index < -0.39 is 17.3 Å². The van der Waals surface area contributed by atoms with Crippen LogP contribution < -0.4 is 26.5 Å². The number of benzene rings is 2. The van der Waals surface area contributed by atoms with Crippen molar-refractivity contribution in [2.45, 2.75) is 20.0 Å². The number of carbonyl (C=O) groups is 1. The Kier molecular flexibility index (Phi) is 7.54. The highest BCUT2D eigenvalue weighted by Gasteiger charge is 2.12. The van der Waals surface area contributed by atoms with Crippen molar-refractivity contribution >= 4 is 23.3 Å². The van der Waals surface area contributed by atoms with Gasteiger partial charge in [-0.3, -0.25) is 9.55 Å². The van der Waals surface area contributed by atoms with E-state index in [1.54, 1.807) is 49.4 Å². The van der Waals surface area contributed by atoms with Crippen molar-refractivity contribution in [3.8, 4) is 17.2 Å². The largest absolute Gasteiger partial charge is 0.493 e. The second-order valence-corrected chi connectivity index (χ2v) is 8.16. The van der Waals surface area contributed by atoms with Gasteiger partial charge in [0.1, 0.15) is 5.75 Å². The number of carboxylic acids is 1. The molecule has 0 amide bonds. The molecule has 37 heavy (non-hydrogen) atoms. The molecule has 4 aromatic rings. The molecule has 0 aliphatic heterocycles. The Hall–Kier alpha value is -4.64. The van der Waals surface area contributed by atoms with E-state index in [1.165, 1.54) is 30.0 Å². The molecule has 2 heterocycles. The van der Waals surface area contributed by atoms with Gasteiger partial charge in [-0.2, -0.15) is 0 Å². The summed E-state index contributed by atoms with van der Waals surface area (Å²) in [6.45, 7) is 2.04. The Morgan fingerprint density at radius 1 is 1.08 bits per heavy atom. The highest BCUT2D eigenvalue weighted by atomic mass is 35.5. The van der Waals surface area contributed by atoms with Crippen LogP contribution in [0.15, 0.2) is 75.4 Å². The standard InChI is InChI=1S/C25H22ClN5O6/c1-3-30-24(34)29-23(31(25(30)35)14-15-4-6-16(26)7-5-15)28-17-8-9-20(21(12-17)36-2)37-18-10-11-27-19(13-18)22(32)33/h4-13H,3,14H2,1-2H3,(H,32,33)(H,28,29,34). The highest BCUT2D eigenvalue weighted by Crippen LogP contribution is 2.34. The molecule has 0 unspecified atom stereocenters. The fraction of sp³-hybridized carbons (Fsp3) is 0.160. The Bertz CT molecular complexity index is 1640. The van der Waals surface area contributed by atoms with E-state index in [9.17, 15) is 14.4 Å². The number of hydrogen-bond donors (Lipinski definition) is 2. The minimum atomic E-state index is -1.18. The molecule has 0 bridgehead atoms. The molecule has 2 N–H and O–H groups in total. The molecule has 2 aromatic heterocycles. The summed E-state index contributed by atoms with van der Waals surface area (Å²) in [5, 5.41) is 9.70. The van der Waals surface area contributed by atoms with E-state index in [0.717, 1.165) is 10.1 Å². The van der Waals surface area contributed by atoms with Gasteiger partial charge in [0, 0.05) is 29.9 Å². The minimum Gasteiger partial charge on any atom is -0.493 e. The summed E-state index contributed by atoms with van der Waals surface area (Å²) < 4.78 is 13.6. The van der Waals surface area contributed by atoms with E-state index in [0.29, 0.717) is 22.2 Å². The minimum absolute atomic E-state index is 0.0469. The lowest BCUT2D eigenvalue weighted by Crippen LogP contribution is -2.49. The number of aromatic carboxylic acids is 1. The Labute approximate surface area is 214 Å². The first-order valence-electron chi connectivity index (χ1n) is 11.1. The number of H-pyrrole nitrogens is 1. The Balaban J connectivity index is 1.76. The molecule has 0 saturated carbocycles. The first-order chi connectivity index (χ1) is 17.8. The maximum absolute atomic E-state index is 13.1. The monoisotopic (exact) mass is 523 g/mol. The van der Waals surface area contributed by atoms with Gasteiger partial charge in [-0.15, -0.1) is 0 Å². The summed E-state index contributed by atoms with van der Waals surface area (Å²) in [4.78, 5) is 47.7. The fourth-order valence-corrected chi connectivity index (χ4v) is 3.61. The van der Waals surface area contributed by atoms with Crippen LogP contribution in [-0.4, -0.2) is 37.3 Å². The molecule has 0 fully saturated rings. The molecule has 0 aliphatic rings. The summed E-state index contributed by atoms with van der Waals surface area (Å²) in [7, 11) is 1.44. The second kappa shape index (κ2) is 11.0. The maximum Gasteiger partial charge on any atom is 0.354 e. The van der Waals surface area contributed by atoms with Crippen LogP contribution in [0.1, 0.15) is 23.0 Å². The van der Waals surface area contributed by atoms with Crippen molar-refractivity contribution in [3.05, 3.63) is 104 Å². The molecule has 0 saturated heterocycles. The second-order valence-electron chi connectivity index (χ2n) is 7.72. The van der Waals surface area contributed by atoms with E-state index in [-0.39, 0.29) is 30.2 Å². The zero-order valence-corrected chi connectivity index (χ0v) is 20.6. The lowest BCUT2D eigenvalue weighted by Gasteiger charge is -2.12. The van der Waals surface area contributed by atoms with Crippen molar-refractivity contribution in [3.63, 3.8) is 0 Å². The summed E-state index contributed by atoms with van der Waals surface area (Å²) in [5.41, 5.74) is -0.0580. The van der Waals surface area contributed by atoms with Gasteiger partial charge in [-0.25, -0.2) is 28.9 Å². The molecule has 4 rings (SSSR count). The maximum atomic E-state index is 13.1. The number of rotatable bonds is 8. The summed E-state index contributed by atoms with van der Waals surface area (Å²) in [6.07, 6.45) is 1.32. The van der Waals surface area contributed by atoms with Crippen LogP contribution in [0, 0.1) is 0 Å². The van der Waals surface area contributed by atoms with Crippen LogP contribution in [0.3, 0.4) is 0 Å². The van der Waals surface area contributed by atoms with E-state index >= 15 is 0 Å². The molecular weight excluding hydrogens is 502 g/mol. The first kappa shape index (κ1) is 25.5. The van der Waals surface area contributed by atoms with Crippen molar-refractivity contribution in [2.24, 2.45) is 4.99 Å². The molecule has 0 atom stereocenters. The van der Waals surface area contributed by atoms with Crippen LogP contribution in [0.5, 0.6) is 17.2 Å². The Morgan fingerprint density at radius 3 is 2.51 bits per heavy atom. The third-order valence-electron chi connectivity index (χ3n) is 5.31.